The third-order valence-corrected chi connectivity index (χ3v) is 7.05. The van der Waals surface area contributed by atoms with Crippen LogP contribution in [0.5, 0.6) is 0 Å². The largest absolute Gasteiger partial charge is 0.353 e. The summed E-state index contributed by atoms with van der Waals surface area (Å²) in [6.45, 7) is 1.29. The molecule has 1 atom stereocenters. The molecule has 0 aromatic carbocycles. The molecule has 3 heterocycles. The van der Waals surface area contributed by atoms with Crippen molar-refractivity contribution in [1.82, 2.24) is 19.7 Å². The van der Waals surface area contributed by atoms with Gasteiger partial charge in [0.1, 0.15) is 5.52 Å². The van der Waals surface area contributed by atoms with Gasteiger partial charge in [-0.05, 0) is 31.7 Å². The number of aromatic nitrogens is 3. The van der Waals surface area contributed by atoms with Gasteiger partial charge in [-0.3, -0.25) is 0 Å². The van der Waals surface area contributed by atoms with E-state index in [-0.39, 0.29) is 11.3 Å². The first-order valence-electron chi connectivity index (χ1n) is 8.68. The van der Waals surface area contributed by atoms with Gasteiger partial charge < -0.3 is 9.88 Å². The standard InChI is InChI=1S/C16H23N5O2S/c22-24(23,20-12-4-1-2-5-12)13-6-3-9-21(10-13)16-15-14(7-8-17-16)18-11-19-15/h7-8,11-13,20H,1-6,9-10H2,(H,18,19). The number of imidazole rings is 1. The van der Waals surface area contributed by atoms with Gasteiger partial charge in [0.2, 0.25) is 10.0 Å². The Morgan fingerprint density at radius 2 is 2.00 bits per heavy atom. The number of anilines is 1. The van der Waals surface area contributed by atoms with Crippen molar-refractivity contribution in [2.45, 2.75) is 49.8 Å². The SMILES string of the molecule is O=S(=O)(NC1CCCC1)C1CCCN(c2nccc3[nH]cnc23)C1. The smallest absolute Gasteiger partial charge is 0.216 e. The van der Waals surface area contributed by atoms with Gasteiger partial charge in [-0.25, -0.2) is 23.1 Å². The molecule has 4 rings (SSSR count). The van der Waals surface area contributed by atoms with E-state index in [0.29, 0.717) is 13.0 Å². The van der Waals surface area contributed by atoms with Crippen LogP contribution in [-0.4, -0.2) is 47.8 Å². The molecule has 0 amide bonds. The number of hydrogen-bond acceptors (Lipinski definition) is 5. The molecule has 2 aromatic rings. The Bertz CT molecular complexity index is 813. The van der Waals surface area contributed by atoms with Crippen LogP contribution in [0.1, 0.15) is 38.5 Å². The number of rotatable bonds is 4. The van der Waals surface area contributed by atoms with Crippen molar-refractivity contribution in [1.29, 1.82) is 0 Å². The molecule has 1 saturated heterocycles. The van der Waals surface area contributed by atoms with E-state index in [1.165, 1.54) is 0 Å². The molecule has 2 fully saturated rings. The maximum absolute atomic E-state index is 12.8. The second-order valence-electron chi connectivity index (χ2n) is 6.79. The van der Waals surface area contributed by atoms with Gasteiger partial charge in [0, 0.05) is 25.3 Å². The second-order valence-corrected chi connectivity index (χ2v) is 8.78. The molecule has 2 aliphatic rings. The highest BCUT2D eigenvalue weighted by atomic mass is 32.2. The van der Waals surface area contributed by atoms with Gasteiger partial charge in [-0.15, -0.1) is 0 Å². The Labute approximate surface area is 141 Å². The topological polar surface area (TPSA) is 91.0 Å². The van der Waals surface area contributed by atoms with Gasteiger partial charge in [0.25, 0.3) is 0 Å². The van der Waals surface area contributed by atoms with E-state index in [4.69, 9.17) is 0 Å². The molecule has 2 N–H and O–H groups in total. The summed E-state index contributed by atoms with van der Waals surface area (Å²) >= 11 is 0. The fourth-order valence-electron chi connectivity index (χ4n) is 3.84. The van der Waals surface area contributed by atoms with Crippen molar-refractivity contribution < 1.29 is 8.42 Å². The minimum Gasteiger partial charge on any atom is -0.353 e. The van der Waals surface area contributed by atoms with Crippen LogP contribution in [0.15, 0.2) is 18.6 Å². The maximum Gasteiger partial charge on any atom is 0.216 e. The Kier molecular flexibility index (Phi) is 4.17. The molecular weight excluding hydrogens is 326 g/mol. The molecule has 130 valence electrons. The van der Waals surface area contributed by atoms with E-state index in [2.05, 4.69) is 24.6 Å². The third kappa shape index (κ3) is 3.00. The van der Waals surface area contributed by atoms with Crippen molar-refractivity contribution in [2.75, 3.05) is 18.0 Å². The molecule has 7 nitrogen and oxygen atoms in total. The first kappa shape index (κ1) is 15.8. The zero-order valence-electron chi connectivity index (χ0n) is 13.6. The molecular formula is C16H23N5O2S. The summed E-state index contributed by atoms with van der Waals surface area (Å²) in [4.78, 5) is 13.9. The van der Waals surface area contributed by atoms with Gasteiger partial charge in [-0.1, -0.05) is 12.8 Å². The van der Waals surface area contributed by atoms with Crippen LogP contribution in [0, 0.1) is 0 Å². The number of H-pyrrole nitrogens is 1. The van der Waals surface area contributed by atoms with Crippen LogP contribution in [0.2, 0.25) is 0 Å². The van der Waals surface area contributed by atoms with Crippen molar-refractivity contribution in [3.05, 3.63) is 18.6 Å². The van der Waals surface area contributed by atoms with E-state index in [9.17, 15) is 8.42 Å². The number of piperidine rings is 1. The van der Waals surface area contributed by atoms with E-state index >= 15 is 0 Å². The molecule has 1 aliphatic carbocycles. The zero-order chi connectivity index (χ0) is 16.6. The lowest BCUT2D eigenvalue weighted by Crippen LogP contribution is -2.48. The monoisotopic (exact) mass is 349 g/mol. The molecule has 2 aromatic heterocycles. The summed E-state index contributed by atoms with van der Waals surface area (Å²) in [5.41, 5.74) is 1.73. The average Bonchev–Trinajstić information content (AvgIpc) is 3.25. The van der Waals surface area contributed by atoms with E-state index in [1.54, 1.807) is 12.5 Å². The number of nitrogens with one attached hydrogen (secondary N) is 2. The third-order valence-electron chi connectivity index (χ3n) is 5.12. The highest BCUT2D eigenvalue weighted by molar-refractivity contribution is 7.90. The maximum atomic E-state index is 12.8. The first-order chi connectivity index (χ1) is 11.6. The first-order valence-corrected chi connectivity index (χ1v) is 10.2. The number of aromatic amines is 1. The fraction of sp³-hybridized carbons (Fsp3) is 0.625. The lowest BCUT2D eigenvalue weighted by Gasteiger charge is -2.33. The van der Waals surface area contributed by atoms with Gasteiger partial charge in [-0.2, -0.15) is 0 Å². The summed E-state index contributed by atoms with van der Waals surface area (Å²) in [5, 5.41) is -0.386. The number of sulfonamides is 1. The van der Waals surface area contributed by atoms with Crippen LogP contribution in [0.3, 0.4) is 0 Å². The molecule has 1 saturated carbocycles. The van der Waals surface area contributed by atoms with Crippen LogP contribution in [-0.2, 0) is 10.0 Å². The molecule has 1 aliphatic heterocycles. The van der Waals surface area contributed by atoms with E-state index in [1.807, 2.05) is 6.07 Å². The minimum atomic E-state index is -3.30. The number of pyridine rings is 1. The van der Waals surface area contributed by atoms with Crippen molar-refractivity contribution in [2.24, 2.45) is 0 Å². The van der Waals surface area contributed by atoms with Crippen molar-refractivity contribution >= 4 is 26.9 Å². The van der Waals surface area contributed by atoms with Crippen LogP contribution in [0.4, 0.5) is 5.82 Å². The molecule has 0 bridgehead atoms. The predicted octanol–water partition coefficient (Wildman–Crippen LogP) is 1.79. The second kappa shape index (κ2) is 6.33. The normalized spacial score (nSPS) is 23.2. The van der Waals surface area contributed by atoms with Crippen LogP contribution in [0.25, 0.3) is 11.0 Å². The quantitative estimate of drug-likeness (QED) is 0.878. The van der Waals surface area contributed by atoms with Gasteiger partial charge in [0.15, 0.2) is 5.82 Å². The van der Waals surface area contributed by atoms with Crippen molar-refractivity contribution in [3.8, 4) is 0 Å². The Morgan fingerprint density at radius 1 is 1.17 bits per heavy atom. The highest BCUT2D eigenvalue weighted by Gasteiger charge is 2.34. The van der Waals surface area contributed by atoms with Crippen LogP contribution >= 0.6 is 0 Å². The van der Waals surface area contributed by atoms with Gasteiger partial charge >= 0.3 is 0 Å². The zero-order valence-corrected chi connectivity index (χ0v) is 14.4. The van der Waals surface area contributed by atoms with Crippen molar-refractivity contribution in [3.63, 3.8) is 0 Å². The Balaban J connectivity index is 1.54. The van der Waals surface area contributed by atoms with E-state index < -0.39 is 10.0 Å². The van der Waals surface area contributed by atoms with E-state index in [0.717, 1.165) is 55.5 Å². The lowest BCUT2D eigenvalue weighted by atomic mass is 10.1. The highest BCUT2D eigenvalue weighted by Crippen LogP contribution is 2.27. The Morgan fingerprint density at radius 3 is 2.83 bits per heavy atom. The molecule has 24 heavy (non-hydrogen) atoms. The fourth-order valence-corrected chi connectivity index (χ4v) is 5.59. The summed E-state index contributed by atoms with van der Waals surface area (Å²) in [6, 6.07) is 2.00. The molecule has 1 unspecified atom stereocenters. The molecule has 0 spiro atoms. The average molecular weight is 349 g/mol. The molecule has 0 radical (unpaired) electrons. The summed E-state index contributed by atoms with van der Waals surface area (Å²) in [7, 11) is -3.30. The summed E-state index contributed by atoms with van der Waals surface area (Å²) in [5.74, 6) is 0.773. The predicted molar refractivity (Wildman–Crippen MR) is 93.4 cm³/mol. The summed E-state index contributed by atoms with van der Waals surface area (Å²) in [6.07, 6.45) is 9.10. The summed E-state index contributed by atoms with van der Waals surface area (Å²) < 4.78 is 28.4. The minimum absolute atomic E-state index is 0.123. The number of nitrogens with zero attached hydrogens (tertiary/aromatic N) is 3. The number of fused-ring (bicyclic) bond motifs is 1. The lowest BCUT2D eigenvalue weighted by molar-refractivity contribution is 0.505. The molecule has 8 heteroatoms. The van der Waals surface area contributed by atoms with Gasteiger partial charge in [0.05, 0.1) is 17.1 Å². The van der Waals surface area contributed by atoms with Crippen LogP contribution < -0.4 is 9.62 Å². The Hall–Kier alpha value is -1.67. The number of hydrogen-bond donors (Lipinski definition) is 2.